The summed E-state index contributed by atoms with van der Waals surface area (Å²) in [7, 11) is -3.71. The van der Waals surface area contributed by atoms with Gasteiger partial charge in [-0.3, -0.25) is 24.0 Å². The third-order valence-electron chi connectivity index (χ3n) is 5.73. The molecule has 0 saturated carbocycles. The minimum absolute atomic E-state index is 0.0449. The zero-order chi connectivity index (χ0) is 29.5. The summed E-state index contributed by atoms with van der Waals surface area (Å²) in [5, 5.41) is 10.7. The van der Waals surface area contributed by atoms with Gasteiger partial charge < -0.3 is 25.4 Å². The van der Waals surface area contributed by atoms with Gasteiger partial charge in [-0.1, -0.05) is 91.0 Å². The van der Waals surface area contributed by atoms with Crippen LogP contribution in [0.2, 0.25) is 0 Å². The summed E-state index contributed by atoms with van der Waals surface area (Å²) in [4.78, 5) is 49.2. The van der Waals surface area contributed by atoms with E-state index in [-0.39, 0.29) is 19.8 Å². The van der Waals surface area contributed by atoms with Gasteiger partial charge in [-0.15, -0.1) is 0 Å². The van der Waals surface area contributed by atoms with Gasteiger partial charge in [-0.05, 0) is 18.1 Å². The Balaban J connectivity index is 1.64. The number of esters is 1. The van der Waals surface area contributed by atoms with Gasteiger partial charge in [0.15, 0.2) is 0 Å². The zero-order valence-corrected chi connectivity index (χ0v) is 23.5. The van der Waals surface area contributed by atoms with Crippen molar-refractivity contribution in [3.8, 4) is 0 Å². The summed E-state index contributed by atoms with van der Waals surface area (Å²) < 4.78 is 24.6. The van der Waals surface area contributed by atoms with Crippen LogP contribution in [0.1, 0.15) is 23.8 Å². The Hall–Kier alpha value is -4.47. The Morgan fingerprint density at radius 2 is 1.32 bits per heavy atom. The first-order valence-electron chi connectivity index (χ1n) is 12.9. The molecule has 0 aliphatic rings. The lowest BCUT2D eigenvalue weighted by Gasteiger charge is -2.30. The summed E-state index contributed by atoms with van der Waals surface area (Å²) in [6, 6.07) is 26.2. The molecule has 2 atom stereocenters. The van der Waals surface area contributed by atoms with Crippen LogP contribution < -0.4 is 26.3 Å². The minimum Gasteiger partial charge on any atom is -0.465 e. The van der Waals surface area contributed by atoms with Crippen molar-refractivity contribution < 1.29 is 33.2 Å². The van der Waals surface area contributed by atoms with Gasteiger partial charge in [0.05, 0.1) is 13.2 Å². The molecule has 0 radical (unpaired) electrons. The molecule has 0 aromatic heterocycles. The van der Waals surface area contributed by atoms with Gasteiger partial charge in [0.2, 0.25) is 19.1 Å². The normalized spacial score (nSPS) is 12.7. The first-order chi connectivity index (χ1) is 19.8. The molecule has 11 nitrogen and oxygen atoms in total. The van der Waals surface area contributed by atoms with Crippen LogP contribution in [0.15, 0.2) is 91.0 Å². The van der Waals surface area contributed by atoms with Gasteiger partial charge in [0.1, 0.15) is 25.5 Å². The number of amides is 3. The van der Waals surface area contributed by atoms with Crippen LogP contribution in [-0.4, -0.2) is 50.1 Å². The molecule has 3 amide bonds. The SMILES string of the molecule is CCOC(=O)CNP(=O)(c1ccccc1)C(NC(=O)CNC(=O)CNC(=O)OCc1ccccc1)c1ccccc1. The van der Waals surface area contributed by atoms with E-state index in [4.69, 9.17) is 9.47 Å². The van der Waals surface area contributed by atoms with E-state index in [1.807, 2.05) is 18.2 Å². The number of hydrogen-bond donors (Lipinski definition) is 4. The van der Waals surface area contributed by atoms with Crippen LogP contribution >= 0.6 is 7.29 Å². The van der Waals surface area contributed by atoms with Crippen molar-refractivity contribution in [2.24, 2.45) is 0 Å². The van der Waals surface area contributed by atoms with E-state index in [1.54, 1.807) is 79.7 Å². The monoisotopic (exact) mass is 580 g/mol. The Morgan fingerprint density at radius 3 is 1.95 bits per heavy atom. The Bertz CT molecular complexity index is 1340. The molecule has 2 unspecified atom stereocenters. The summed E-state index contributed by atoms with van der Waals surface area (Å²) in [5.41, 5.74) is 1.32. The van der Waals surface area contributed by atoms with Gasteiger partial charge in [0.25, 0.3) is 0 Å². The Labute approximate surface area is 238 Å². The molecular formula is C29H33N4O7P. The molecule has 12 heteroatoms. The van der Waals surface area contributed by atoms with Gasteiger partial charge in [-0.25, -0.2) is 4.79 Å². The fraction of sp³-hybridized carbons (Fsp3) is 0.241. The van der Waals surface area contributed by atoms with Gasteiger partial charge in [-0.2, -0.15) is 0 Å². The van der Waals surface area contributed by atoms with Crippen molar-refractivity contribution in [3.05, 3.63) is 102 Å². The molecule has 4 N–H and O–H groups in total. The maximum Gasteiger partial charge on any atom is 0.407 e. The summed E-state index contributed by atoms with van der Waals surface area (Å²) in [6.07, 6.45) is -0.783. The molecule has 0 fully saturated rings. The highest BCUT2D eigenvalue weighted by atomic mass is 31.2. The molecule has 0 aliphatic heterocycles. The number of ether oxygens (including phenoxy) is 2. The number of alkyl carbamates (subject to hydrolysis) is 1. The third-order valence-corrected chi connectivity index (χ3v) is 8.58. The average molecular weight is 581 g/mol. The molecular weight excluding hydrogens is 547 g/mol. The van der Waals surface area contributed by atoms with Crippen LogP contribution in [-0.2, 0) is 35.0 Å². The number of hydrogen-bond acceptors (Lipinski definition) is 7. The number of rotatable bonds is 14. The van der Waals surface area contributed by atoms with E-state index in [1.165, 1.54) is 0 Å². The second-order valence-corrected chi connectivity index (χ2v) is 11.4. The second kappa shape index (κ2) is 16.0. The fourth-order valence-electron chi connectivity index (χ4n) is 3.77. The minimum atomic E-state index is -3.71. The van der Waals surface area contributed by atoms with E-state index in [9.17, 15) is 23.7 Å². The molecule has 41 heavy (non-hydrogen) atoms. The maximum atomic E-state index is 14.6. The summed E-state index contributed by atoms with van der Waals surface area (Å²) >= 11 is 0. The van der Waals surface area contributed by atoms with E-state index in [0.29, 0.717) is 10.9 Å². The zero-order valence-electron chi connectivity index (χ0n) is 22.6. The van der Waals surface area contributed by atoms with Crippen molar-refractivity contribution in [1.29, 1.82) is 0 Å². The fourth-order valence-corrected chi connectivity index (χ4v) is 6.33. The number of carbonyl (C=O) groups is 4. The predicted molar refractivity (Wildman–Crippen MR) is 153 cm³/mol. The Kier molecular flexibility index (Phi) is 12.1. The first kappa shape index (κ1) is 31.1. The molecule has 216 valence electrons. The van der Waals surface area contributed by atoms with Crippen LogP contribution in [0.25, 0.3) is 0 Å². The summed E-state index contributed by atoms with van der Waals surface area (Å²) in [6.45, 7) is 0.668. The largest absolute Gasteiger partial charge is 0.465 e. The molecule has 0 aliphatic carbocycles. The standard InChI is InChI=1S/C29H33N4O7P/c1-2-39-27(36)20-32-41(38,24-16-10-5-11-17-24)28(23-14-8-4-9-15-23)33-26(35)19-30-25(34)18-31-29(37)40-21-22-12-6-3-7-13-22/h3-17,28H,2,18-21H2,1H3,(H,30,34)(H,31,37)(H,32,38)(H,33,35). The van der Waals surface area contributed by atoms with E-state index >= 15 is 0 Å². The molecule has 3 aromatic rings. The van der Waals surface area contributed by atoms with E-state index in [0.717, 1.165) is 5.56 Å². The van der Waals surface area contributed by atoms with Crippen LogP contribution in [0.5, 0.6) is 0 Å². The molecule has 0 bridgehead atoms. The molecule has 0 spiro atoms. The topological polar surface area (TPSA) is 152 Å². The van der Waals surface area contributed by atoms with E-state index < -0.39 is 50.0 Å². The maximum absolute atomic E-state index is 14.6. The van der Waals surface area contributed by atoms with Crippen molar-refractivity contribution in [3.63, 3.8) is 0 Å². The van der Waals surface area contributed by atoms with Crippen molar-refractivity contribution in [2.75, 3.05) is 26.2 Å². The molecule has 0 heterocycles. The van der Waals surface area contributed by atoms with Crippen LogP contribution in [0.4, 0.5) is 4.79 Å². The number of carbonyl (C=O) groups excluding carboxylic acids is 4. The van der Waals surface area contributed by atoms with Crippen molar-refractivity contribution >= 4 is 36.5 Å². The van der Waals surface area contributed by atoms with Crippen LogP contribution in [0.3, 0.4) is 0 Å². The van der Waals surface area contributed by atoms with Gasteiger partial charge >= 0.3 is 12.1 Å². The quantitative estimate of drug-likeness (QED) is 0.168. The van der Waals surface area contributed by atoms with Crippen molar-refractivity contribution in [2.45, 2.75) is 19.3 Å². The molecule has 0 saturated heterocycles. The highest BCUT2D eigenvalue weighted by Crippen LogP contribution is 2.53. The predicted octanol–water partition coefficient (Wildman–Crippen LogP) is 2.60. The number of benzene rings is 3. The molecule has 3 aromatic carbocycles. The lowest BCUT2D eigenvalue weighted by molar-refractivity contribution is -0.141. The highest BCUT2D eigenvalue weighted by molar-refractivity contribution is 7.70. The smallest absolute Gasteiger partial charge is 0.407 e. The second-order valence-electron chi connectivity index (χ2n) is 8.71. The van der Waals surface area contributed by atoms with Gasteiger partial charge in [0, 0.05) is 5.30 Å². The highest BCUT2D eigenvalue weighted by Gasteiger charge is 2.37. The van der Waals surface area contributed by atoms with Crippen LogP contribution in [0, 0.1) is 0 Å². The van der Waals surface area contributed by atoms with Crippen molar-refractivity contribution in [1.82, 2.24) is 21.0 Å². The Morgan fingerprint density at radius 1 is 0.732 bits per heavy atom. The third kappa shape index (κ3) is 9.90. The average Bonchev–Trinajstić information content (AvgIpc) is 3.01. The first-order valence-corrected chi connectivity index (χ1v) is 14.7. The molecule has 3 rings (SSSR count). The van der Waals surface area contributed by atoms with E-state index in [2.05, 4.69) is 21.0 Å². The lowest BCUT2D eigenvalue weighted by Crippen LogP contribution is -2.44. The number of nitrogens with one attached hydrogen (secondary N) is 4. The lowest BCUT2D eigenvalue weighted by atomic mass is 10.2. The summed E-state index contributed by atoms with van der Waals surface area (Å²) in [5.74, 6) is -2.92.